The Labute approximate surface area is 137 Å². The number of halogens is 1. The molecule has 2 heterocycles. The Morgan fingerprint density at radius 3 is 2.75 bits per heavy atom. The second kappa shape index (κ2) is 6.82. The maximum absolute atomic E-state index is 12.9. The third-order valence-electron chi connectivity index (χ3n) is 4.13. The molecule has 0 unspecified atom stereocenters. The zero-order valence-electron chi connectivity index (χ0n) is 12.9. The molecule has 1 aliphatic heterocycles. The van der Waals surface area contributed by atoms with Gasteiger partial charge in [-0.05, 0) is 30.7 Å². The molecule has 0 bridgehead atoms. The van der Waals surface area contributed by atoms with Gasteiger partial charge in [-0.25, -0.2) is 9.37 Å². The number of hydrogen-bond donors (Lipinski definition) is 1. The highest BCUT2D eigenvalue weighted by Crippen LogP contribution is 2.22. The summed E-state index contributed by atoms with van der Waals surface area (Å²) in [4.78, 5) is 28.7. The summed E-state index contributed by atoms with van der Waals surface area (Å²) in [7, 11) is 0. The van der Waals surface area contributed by atoms with Gasteiger partial charge in [0.2, 0.25) is 5.91 Å². The normalized spacial score (nSPS) is 17.2. The Balaban J connectivity index is 1.55. The molecule has 1 saturated heterocycles. The van der Waals surface area contributed by atoms with E-state index in [1.807, 2.05) is 0 Å². The van der Waals surface area contributed by atoms with Gasteiger partial charge in [0.15, 0.2) is 11.7 Å². The van der Waals surface area contributed by atoms with Crippen molar-refractivity contribution < 1.29 is 23.5 Å². The zero-order chi connectivity index (χ0) is 17.1. The first-order chi connectivity index (χ1) is 11.5. The van der Waals surface area contributed by atoms with E-state index in [2.05, 4.69) is 4.98 Å². The van der Waals surface area contributed by atoms with Crippen LogP contribution in [0.25, 0.3) is 11.3 Å². The van der Waals surface area contributed by atoms with E-state index in [0.29, 0.717) is 36.6 Å². The Hall–Kier alpha value is -2.70. The van der Waals surface area contributed by atoms with E-state index in [1.54, 1.807) is 23.2 Å². The first kappa shape index (κ1) is 16.2. The van der Waals surface area contributed by atoms with E-state index in [4.69, 9.17) is 9.52 Å². The van der Waals surface area contributed by atoms with Crippen LogP contribution in [0.2, 0.25) is 0 Å². The monoisotopic (exact) mass is 332 g/mol. The highest BCUT2D eigenvalue weighted by atomic mass is 19.1. The van der Waals surface area contributed by atoms with Gasteiger partial charge in [0.25, 0.3) is 0 Å². The Kier molecular flexibility index (Phi) is 4.59. The number of aryl methyl sites for hydroxylation is 1. The predicted octanol–water partition coefficient (Wildman–Crippen LogP) is 2.35. The van der Waals surface area contributed by atoms with Crippen LogP contribution < -0.4 is 0 Å². The molecule has 1 amide bonds. The van der Waals surface area contributed by atoms with Crippen LogP contribution in [0.5, 0.6) is 0 Å². The number of rotatable bonds is 5. The number of likely N-dealkylation sites (tertiary alicyclic amines) is 1. The SMILES string of the molecule is O=C(O)[C@@H]1CCN(C(=O)CCc2ncc(-c3ccc(F)cc3)o2)C1. The van der Waals surface area contributed by atoms with Crippen LogP contribution in [-0.4, -0.2) is 40.0 Å². The topological polar surface area (TPSA) is 83.6 Å². The molecular weight excluding hydrogens is 315 g/mol. The van der Waals surface area contributed by atoms with Crippen LogP contribution in [0.15, 0.2) is 34.9 Å². The number of aromatic nitrogens is 1. The summed E-state index contributed by atoms with van der Waals surface area (Å²) in [5, 5.41) is 8.96. The highest BCUT2D eigenvalue weighted by Gasteiger charge is 2.30. The van der Waals surface area contributed by atoms with Gasteiger partial charge in [-0.1, -0.05) is 0 Å². The fourth-order valence-electron chi connectivity index (χ4n) is 2.73. The molecule has 24 heavy (non-hydrogen) atoms. The van der Waals surface area contributed by atoms with E-state index in [0.717, 1.165) is 0 Å². The average Bonchev–Trinajstić information content (AvgIpc) is 3.23. The van der Waals surface area contributed by atoms with E-state index in [-0.39, 0.29) is 24.7 Å². The minimum atomic E-state index is -0.859. The molecule has 6 nitrogen and oxygen atoms in total. The number of oxazole rings is 1. The summed E-state index contributed by atoms with van der Waals surface area (Å²) >= 11 is 0. The van der Waals surface area contributed by atoms with E-state index in [9.17, 15) is 14.0 Å². The van der Waals surface area contributed by atoms with Crippen molar-refractivity contribution in [3.05, 3.63) is 42.2 Å². The van der Waals surface area contributed by atoms with E-state index in [1.165, 1.54) is 12.1 Å². The predicted molar refractivity (Wildman–Crippen MR) is 82.5 cm³/mol. The van der Waals surface area contributed by atoms with Gasteiger partial charge in [0.05, 0.1) is 12.1 Å². The standard InChI is InChI=1S/C17H17FN2O4/c18-13-3-1-11(2-4-13)14-9-19-15(24-14)5-6-16(21)20-8-7-12(10-20)17(22)23/h1-4,9,12H,5-8,10H2,(H,22,23)/t12-/m1/s1. The third kappa shape index (κ3) is 3.61. The lowest BCUT2D eigenvalue weighted by atomic mass is 10.1. The molecule has 7 heteroatoms. The van der Waals surface area contributed by atoms with Crippen molar-refractivity contribution in [1.29, 1.82) is 0 Å². The number of carbonyl (C=O) groups excluding carboxylic acids is 1. The number of benzene rings is 1. The van der Waals surface area contributed by atoms with Gasteiger partial charge in [-0.3, -0.25) is 9.59 Å². The quantitative estimate of drug-likeness (QED) is 0.908. The van der Waals surface area contributed by atoms with Crippen LogP contribution in [-0.2, 0) is 16.0 Å². The Bertz CT molecular complexity index is 741. The fourth-order valence-corrected chi connectivity index (χ4v) is 2.73. The molecule has 2 aromatic rings. The molecule has 1 N–H and O–H groups in total. The molecule has 0 aliphatic carbocycles. The van der Waals surface area contributed by atoms with Crippen molar-refractivity contribution in [2.24, 2.45) is 5.92 Å². The molecule has 0 spiro atoms. The molecular formula is C17H17FN2O4. The Morgan fingerprint density at radius 2 is 2.08 bits per heavy atom. The Morgan fingerprint density at radius 1 is 1.33 bits per heavy atom. The largest absolute Gasteiger partial charge is 0.481 e. The zero-order valence-corrected chi connectivity index (χ0v) is 12.9. The van der Waals surface area contributed by atoms with Crippen molar-refractivity contribution in [2.45, 2.75) is 19.3 Å². The lowest BCUT2D eigenvalue weighted by Gasteiger charge is -2.14. The number of amides is 1. The number of carboxylic acid groups (broad SMARTS) is 1. The molecule has 1 atom stereocenters. The van der Waals surface area contributed by atoms with E-state index < -0.39 is 11.9 Å². The summed E-state index contributed by atoms with van der Waals surface area (Å²) in [6.07, 6.45) is 2.60. The van der Waals surface area contributed by atoms with Crippen molar-refractivity contribution in [2.75, 3.05) is 13.1 Å². The third-order valence-corrected chi connectivity index (χ3v) is 4.13. The van der Waals surface area contributed by atoms with Crippen LogP contribution in [0.4, 0.5) is 4.39 Å². The van der Waals surface area contributed by atoms with Gasteiger partial charge in [0, 0.05) is 31.5 Å². The highest BCUT2D eigenvalue weighted by molar-refractivity contribution is 5.78. The molecule has 126 valence electrons. The molecule has 3 rings (SSSR count). The molecule has 1 aromatic heterocycles. The number of hydrogen-bond acceptors (Lipinski definition) is 4. The van der Waals surface area contributed by atoms with Crippen molar-refractivity contribution >= 4 is 11.9 Å². The van der Waals surface area contributed by atoms with Crippen LogP contribution in [0.3, 0.4) is 0 Å². The van der Waals surface area contributed by atoms with Crippen molar-refractivity contribution in [3.8, 4) is 11.3 Å². The first-order valence-electron chi connectivity index (χ1n) is 7.74. The maximum Gasteiger partial charge on any atom is 0.308 e. The lowest BCUT2D eigenvalue weighted by Crippen LogP contribution is -2.30. The second-order valence-electron chi connectivity index (χ2n) is 5.79. The van der Waals surface area contributed by atoms with Crippen molar-refractivity contribution in [1.82, 2.24) is 9.88 Å². The summed E-state index contributed by atoms with van der Waals surface area (Å²) < 4.78 is 18.5. The van der Waals surface area contributed by atoms with Gasteiger partial charge >= 0.3 is 5.97 Å². The minimum Gasteiger partial charge on any atom is -0.481 e. The number of carboxylic acids is 1. The number of carbonyl (C=O) groups is 2. The van der Waals surface area contributed by atoms with Crippen molar-refractivity contribution in [3.63, 3.8) is 0 Å². The summed E-state index contributed by atoms with van der Waals surface area (Å²) in [6.45, 7) is 0.739. The van der Waals surface area contributed by atoms with Crippen LogP contribution in [0, 0.1) is 11.7 Å². The van der Waals surface area contributed by atoms with E-state index >= 15 is 0 Å². The van der Waals surface area contributed by atoms with Crippen LogP contribution in [0.1, 0.15) is 18.7 Å². The molecule has 1 fully saturated rings. The van der Waals surface area contributed by atoms with Gasteiger partial charge in [-0.2, -0.15) is 0 Å². The minimum absolute atomic E-state index is 0.0970. The number of nitrogens with zero attached hydrogens (tertiary/aromatic N) is 2. The van der Waals surface area contributed by atoms with Gasteiger partial charge in [0.1, 0.15) is 5.82 Å². The molecule has 0 radical (unpaired) electrons. The second-order valence-corrected chi connectivity index (χ2v) is 5.79. The lowest BCUT2D eigenvalue weighted by molar-refractivity contribution is -0.141. The molecule has 1 aromatic carbocycles. The first-order valence-corrected chi connectivity index (χ1v) is 7.74. The smallest absolute Gasteiger partial charge is 0.308 e. The van der Waals surface area contributed by atoms with Crippen LogP contribution >= 0.6 is 0 Å². The summed E-state index contributed by atoms with van der Waals surface area (Å²) in [5.41, 5.74) is 0.713. The number of aliphatic carboxylic acids is 1. The van der Waals surface area contributed by atoms with Gasteiger partial charge in [-0.15, -0.1) is 0 Å². The van der Waals surface area contributed by atoms with Gasteiger partial charge < -0.3 is 14.4 Å². The molecule has 1 aliphatic rings. The molecule has 0 saturated carbocycles. The fraction of sp³-hybridized carbons (Fsp3) is 0.353. The summed E-state index contributed by atoms with van der Waals surface area (Å²) in [6, 6.07) is 5.88. The summed E-state index contributed by atoms with van der Waals surface area (Å²) in [5.74, 6) is -0.807. The average molecular weight is 332 g/mol. The maximum atomic E-state index is 12.9.